The number of methoxy groups -OCH3 is 2. The monoisotopic (exact) mass is 383 g/mol. The number of hydrogen-bond acceptors (Lipinski definition) is 8. The van der Waals surface area contributed by atoms with Crippen molar-refractivity contribution in [3.05, 3.63) is 53.5 Å². The Kier molecular flexibility index (Phi) is 6.05. The summed E-state index contributed by atoms with van der Waals surface area (Å²) in [5.74, 6) is 2.59. The maximum Gasteiger partial charge on any atom is 0.254 e. The van der Waals surface area contributed by atoms with Crippen LogP contribution in [-0.4, -0.2) is 41.8 Å². The van der Waals surface area contributed by atoms with Crippen molar-refractivity contribution in [1.29, 1.82) is 0 Å². The lowest BCUT2D eigenvalue weighted by atomic mass is 10.1. The van der Waals surface area contributed by atoms with Crippen LogP contribution in [0.2, 0.25) is 0 Å². The van der Waals surface area contributed by atoms with Crippen LogP contribution in [0.1, 0.15) is 21.7 Å². The van der Waals surface area contributed by atoms with Crippen LogP contribution in [-0.2, 0) is 6.42 Å². The fourth-order valence-corrected chi connectivity index (χ4v) is 2.51. The van der Waals surface area contributed by atoms with Crippen LogP contribution in [0.4, 0.5) is 11.8 Å². The molecule has 0 unspecified atom stereocenters. The SMILES string of the molecule is COc1ccc(CCNC(=O)c2cnc(Nc3cc(C)on3)nc2)cc1OC. The number of anilines is 2. The van der Waals surface area contributed by atoms with Gasteiger partial charge in [-0.1, -0.05) is 11.2 Å². The van der Waals surface area contributed by atoms with E-state index in [4.69, 9.17) is 14.0 Å². The molecule has 0 bridgehead atoms. The topological polar surface area (TPSA) is 111 Å². The molecule has 0 aliphatic rings. The van der Waals surface area contributed by atoms with Gasteiger partial charge in [0.05, 0.1) is 19.8 Å². The molecule has 2 heterocycles. The molecule has 0 spiro atoms. The molecule has 3 aromatic rings. The molecule has 0 aliphatic carbocycles. The highest BCUT2D eigenvalue weighted by Crippen LogP contribution is 2.27. The number of ether oxygens (including phenoxy) is 2. The maximum absolute atomic E-state index is 12.2. The Balaban J connectivity index is 1.52. The second-order valence-corrected chi connectivity index (χ2v) is 5.94. The van der Waals surface area contributed by atoms with E-state index in [1.54, 1.807) is 27.2 Å². The summed E-state index contributed by atoms with van der Waals surface area (Å²) < 4.78 is 15.5. The van der Waals surface area contributed by atoms with Crippen molar-refractivity contribution in [2.75, 3.05) is 26.1 Å². The number of hydrogen-bond donors (Lipinski definition) is 2. The minimum absolute atomic E-state index is 0.246. The predicted octanol–water partition coefficient (Wildman–Crippen LogP) is 2.51. The van der Waals surface area contributed by atoms with E-state index in [1.807, 2.05) is 18.2 Å². The van der Waals surface area contributed by atoms with Gasteiger partial charge in [-0.3, -0.25) is 4.79 Å². The van der Waals surface area contributed by atoms with E-state index in [9.17, 15) is 4.79 Å². The maximum atomic E-state index is 12.2. The highest BCUT2D eigenvalue weighted by molar-refractivity contribution is 5.93. The number of carbonyl (C=O) groups is 1. The molecule has 9 heteroatoms. The van der Waals surface area contributed by atoms with Gasteiger partial charge in [0.15, 0.2) is 17.3 Å². The van der Waals surface area contributed by atoms with Crippen molar-refractivity contribution in [3.8, 4) is 11.5 Å². The van der Waals surface area contributed by atoms with E-state index >= 15 is 0 Å². The highest BCUT2D eigenvalue weighted by Gasteiger charge is 2.09. The second kappa shape index (κ2) is 8.85. The summed E-state index contributed by atoms with van der Waals surface area (Å²) >= 11 is 0. The van der Waals surface area contributed by atoms with Gasteiger partial charge >= 0.3 is 0 Å². The molecular weight excluding hydrogens is 362 g/mol. The van der Waals surface area contributed by atoms with Crippen LogP contribution in [0.25, 0.3) is 0 Å². The van der Waals surface area contributed by atoms with Gasteiger partial charge in [0.1, 0.15) is 5.76 Å². The molecule has 0 saturated carbocycles. The van der Waals surface area contributed by atoms with Crippen molar-refractivity contribution >= 4 is 17.7 Å². The summed E-state index contributed by atoms with van der Waals surface area (Å²) in [6.07, 6.45) is 3.56. The molecule has 146 valence electrons. The minimum atomic E-state index is -0.246. The summed E-state index contributed by atoms with van der Waals surface area (Å²) in [5.41, 5.74) is 1.39. The van der Waals surface area contributed by atoms with E-state index in [2.05, 4.69) is 25.8 Å². The van der Waals surface area contributed by atoms with Crippen molar-refractivity contribution in [2.45, 2.75) is 13.3 Å². The van der Waals surface area contributed by atoms with Crippen molar-refractivity contribution < 1.29 is 18.8 Å². The van der Waals surface area contributed by atoms with Crippen LogP contribution in [0, 0.1) is 6.92 Å². The van der Waals surface area contributed by atoms with E-state index in [1.165, 1.54) is 12.4 Å². The Bertz CT molecular complexity index is 940. The molecule has 2 N–H and O–H groups in total. The van der Waals surface area contributed by atoms with Gasteiger partial charge in [-0.15, -0.1) is 0 Å². The number of nitrogens with one attached hydrogen (secondary N) is 2. The summed E-state index contributed by atoms with van der Waals surface area (Å²) in [7, 11) is 3.18. The molecular formula is C19H21N5O4. The van der Waals surface area contributed by atoms with Gasteiger partial charge < -0.3 is 24.6 Å². The zero-order valence-corrected chi connectivity index (χ0v) is 15.9. The molecule has 0 aliphatic heterocycles. The molecule has 0 radical (unpaired) electrons. The van der Waals surface area contributed by atoms with E-state index in [-0.39, 0.29) is 5.91 Å². The lowest BCUT2D eigenvalue weighted by molar-refractivity contribution is 0.0953. The third-order valence-corrected chi connectivity index (χ3v) is 3.93. The summed E-state index contributed by atoms with van der Waals surface area (Å²) in [6.45, 7) is 2.25. The van der Waals surface area contributed by atoms with Crippen LogP contribution in [0.15, 0.2) is 41.2 Å². The molecule has 2 aromatic heterocycles. The average Bonchev–Trinajstić information content (AvgIpc) is 3.12. The summed E-state index contributed by atoms with van der Waals surface area (Å²) in [6, 6.07) is 7.38. The first-order valence-electron chi connectivity index (χ1n) is 8.60. The summed E-state index contributed by atoms with van der Waals surface area (Å²) in [4.78, 5) is 20.5. The van der Waals surface area contributed by atoms with Crippen LogP contribution in [0.5, 0.6) is 11.5 Å². The van der Waals surface area contributed by atoms with Crippen LogP contribution in [0.3, 0.4) is 0 Å². The van der Waals surface area contributed by atoms with Crippen molar-refractivity contribution in [2.24, 2.45) is 0 Å². The number of amides is 1. The standard InChI is InChI=1S/C19H21N5O4/c1-12-8-17(24-28-12)23-19-21-10-14(11-22-19)18(25)20-7-6-13-4-5-15(26-2)16(9-13)27-3/h4-5,8-11H,6-7H2,1-3H3,(H,20,25)(H,21,22,23,24). The Morgan fingerprint density at radius 1 is 1.11 bits per heavy atom. The molecule has 1 aromatic carbocycles. The number of benzene rings is 1. The van der Waals surface area contributed by atoms with Gasteiger partial charge in [-0.05, 0) is 31.0 Å². The Morgan fingerprint density at radius 3 is 2.50 bits per heavy atom. The number of rotatable bonds is 8. The van der Waals surface area contributed by atoms with Gasteiger partial charge in [-0.25, -0.2) is 9.97 Å². The first-order chi connectivity index (χ1) is 13.6. The van der Waals surface area contributed by atoms with E-state index in [0.717, 1.165) is 5.56 Å². The van der Waals surface area contributed by atoms with Crippen LogP contribution >= 0.6 is 0 Å². The minimum Gasteiger partial charge on any atom is -0.493 e. The van der Waals surface area contributed by atoms with Gasteiger partial charge in [0.25, 0.3) is 5.91 Å². The molecule has 3 rings (SSSR count). The lowest BCUT2D eigenvalue weighted by Crippen LogP contribution is -2.26. The van der Waals surface area contributed by atoms with Gasteiger partial charge in [0, 0.05) is 25.0 Å². The number of carbonyl (C=O) groups excluding carboxylic acids is 1. The normalized spacial score (nSPS) is 10.4. The quantitative estimate of drug-likeness (QED) is 0.610. The Morgan fingerprint density at radius 2 is 1.86 bits per heavy atom. The zero-order chi connectivity index (χ0) is 19.9. The Hall–Kier alpha value is -3.62. The van der Waals surface area contributed by atoms with Crippen molar-refractivity contribution in [1.82, 2.24) is 20.4 Å². The highest BCUT2D eigenvalue weighted by atomic mass is 16.5. The molecule has 0 atom stereocenters. The van der Waals surface area contributed by atoms with Gasteiger partial charge in [0.2, 0.25) is 5.95 Å². The third kappa shape index (κ3) is 4.76. The molecule has 28 heavy (non-hydrogen) atoms. The number of nitrogens with zero attached hydrogens (tertiary/aromatic N) is 3. The smallest absolute Gasteiger partial charge is 0.254 e. The van der Waals surface area contributed by atoms with Crippen LogP contribution < -0.4 is 20.1 Å². The fourth-order valence-electron chi connectivity index (χ4n) is 2.51. The third-order valence-electron chi connectivity index (χ3n) is 3.93. The first kappa shape index (κ1) is 19.2. The number of aryl methyl sites for hydroxylation is 1. The number of aromatic nitrogens is 3. The predicted molar refractivity (Wildman–Crippen MR) is 102 cm³/mol. The molecule has 9 nitrogen and oxygen atoms in total. The molecule has 1 amide bonds. The average molecular weight is 383 g/mol. The van der Waals surface area contributed by atoms with E-state index in [0.29, 0.717) is 47.6 Å². The second-order valence-electron chi connectivity index (χ2n) is 5.94. The fraction of sp³-hybridized carbons (Fsp3) is 0.263. The molecule has 0 saturated heterocycles. The van der Waals surface area contributed by atoms with E-state index < -0.39 is 0 Å². The zero-order valence-electron chi connectivity index (χ0n) is 15.9. The first-order valence-corrected chi connectivity index (χ1v) is 8.60. The van der Waals surface area contributed by atoms with Crippen molar-refractivity contribution in [3.63, 3.8) is 0 Å². The largest absolute Gasteiger partial charge is 0.493 e. The lowest BCUT2D eigenvalue weighted by Gasteiger charge is -2.10. The summed E-state index contributed by atoms with van der Waals surface area (Å²) in [5, 5.41) is 9.54. The van der Waals surface area contributed by atoms with Gasteiger partial charge in [-0.2, -0.15) is 0 Å². The molecule has 0 fully saturated rings. The Labute approximate surface area is 162 Å².